The molecule has 5 nitrogen and oxygen atoms in total. The van der Waals surface area contributed by atoms with Gasteiger partial charge in [0, 0.05) is 42.5 Å². The van der Waals surface area contributed by atoms with E-state index in [-0.39, 0.29) is 6.04 Å². The molecule has 7 heteroatoms. The first-order valence-corrected chi connectivity index (χ1v) is 9.62. The van der Waals surface area contributed by atoms with Gasteiger partial charge in [-0.05, 0) is 25.8 Å². The number of likely N-dealkylation sites (N-methyl/N-ethyl adjacent to an activating group) is 1. The summed E-state index contributed by atoms with van der Waals surface area (Å²) >= 11 is 1.50. The molecule has 0 spiro atoms. The van der Waals surface area contributed by atoms with Gasteiger partial charge >= 0.3 is 0 Å². The van der Waals surface area contributed by atoms with Crippen LogP contribution in [0.1, 0.15) is 31.6 Å². The van der Waals surface area contributed by atoms with E-state index in [1.807, 2.05) is 13.8 Å². The number of methoxy groups -OCH3 is 1. The molecule has 1 saturated carbocycles. The molecule has 1 fully saturated rings. The molecular formula is C14H24N2O3S2. The SMILES string of the molecule is CCN(C(C)COC)S(=O)(=O)c1csc(CNC2CC2)c1. The van der Waals surface area contributed by atoms with Crippen LogP contribution in [-0.4, -0.2) is 45.1 Å². The van der Waals surface area contributed by atoms with Crippen molar-refractivity contribution >= 4 is 21.4 Å². The summed E-state index contributed by atoms with van der Waals surface area (Å²) in [5.74, 6) is 0. The molecule has 0 saturated heterocycles. The van der Waals surface area contributed by atoms with Gasteiger partial charge in [0.25, 0.3) is 0 Å². The number of nitrogens with zero attached hydrogens (tertiary/aromatic N) is 1. The Morgan fingerprint density at radius 2 is 2.24 bits per heavy atom. The molecule has 0 radical (unpaired) electrons. The van der Waals surface area contributed by atoms with Gasteiger partial charge in [0.05, 0.1) is 11.5 Å². The zero-order valence-corrected chi connectivity index (χ0v) is 14.5. The second-order valence-electron chi connectivity index (χ2n) is 5.42. The molecule has 1 aromatic heterocycles. The first-order chi connectivity index (χ1) is 9.98. The maximum Gasteiger partial charge on any atom is 0.244 e. The highest BCUT2D eigenvalue weighted by Crippen LogP contribution is 2.25. The van der Waals surface area contributed by atoms with Gasteiger partial charge in [-0.2, -0.15) is 4.31 Å². The molecule has 1 unspecified atom stereocenters. The first kappa shape index (κ1) is 16.9. The molecule has 21 heavy (non-hydrogen) atoms. The van der Waals surface area contributed by atoms with Gasteiger partial charge in [-0.25, -0.2) is 8.42 Å². The van der Waals surface area contributed by atoms with Crippen LogP contribution in [0.3, 0.4) is 0 Å². The van der Waals surface area contributed by atoms with Crippen LogP contribution in [0, 0.1) is 0 Å². The van der Waals surface area contributed by atoms with Crippen molar-refractivity contribution in [1.82, 2.24) is 9.62 Å². The van der Waals surface area contributed by atoms with Crippen molar-refractivity contribution in [2.45, 2.75) is 50.2 Å². The summed E-state index contributed by atoms with van der Waals surface area (Å²) < 4.78 is 32.0. The lowest BCUT2D eigenvalue weighted by molar-refractivity contribution is 0.142. The van der Waals surface area contributed by atoms with E-state index in [0.717, 1.165) is 11.4 Å². The topological polar surface area (TPSA) is 58.6 Å². The average Bonchev–Trinajstić information content (AvgIpc) is 3.13. The fraction of sp³-hybridized carbons (Fsp3) is 0.714. The quantitative estimate of drug-likeness (QED) is 0.752. The molecule has 0 aromatic carbocycles. The van der Waals surface area contributed by atoms with Crippen molar-refractivity contribution in [3.63, 3.8) is 0 Å². The van der Waals surface area contributed by atoms with Crippen LogP contribution >= 0.6 is 11.3 Å². The minimum absolute atomic E-state index is 0.169. The molecule has 1 atom stereocenters. The third kappa shape index (κ3) is 4.26. The van der Waals surface area contributed by atoms with Crippen molar-refractivity contribution in [1.29, 1.82) is 0 Å². The van der Waals surface area contributed by atoms with Crippen molar-refractivity contribution in [3.05, 3.63) is 16.3 Å². The highest BCUT2D eigenvalue weighted by molar-refractivity contribution is 7.89. The average molecular weight is 332 g/mol. The summed E-state index contributed by atoms with van der Waals surface area (Å²) in [4.78, 5) is 1.46. The Kier molecular flexibility index (Phi) is 5.79. The number of nitrogens with one attached hydrogen (secondary N) is 1. The Balaban J connectivity index is 2.09. The highest BCUT2D eigenvalue weighted by Gasteiger charge is 2.28. The Morgan fingerprint density at radius 3 is 2.81 bits per heavy atom. The standard InChI is InChI=1S/C14H24N2O3S2/c1-4-16(11(2)9-19-3)21(17,18)14-7-13(20-10-14)8-15-12-5-6-12/h7,10-12,15H,4-6,8-9H2,1-3H3. The van der Waals surface area contributed by atoms with Crippen LogP contribution in [0.25, 0.3) is 0 Å². The molecule has 120 valence electrons. The Morgan fingerprint density at radius 1 is 1.52 bits per heavy atom. The third-order valence-electron chi connectivity index (χ3n) is 3.59. The Bertz CT molecular complexity index is 552. The van der Waals surface area contributed by atoms with Crippen LogP contribution in [0.5, 0.6) is 0 Å². The Labute approximate surface area is 131 Å². The fourth-order valence-corrected chi connectivity index (χ4v) is 5.14. The van der Waals surface area contributed by atoms with Crippen LogP contribution < -0.4 is 5.32 Å². The molecular weight excluding hydrogens is 308 g/mol. The fourth-order valence-electron chi connectivity index (χ4n) is 2.30. The van der Waals surface area contributed by atoms with E-state index in [0.29, 0.717) is 24.1 Å². The van der Waals surface area contributed by atoms with E-state index < -0.39 is 10.0 Å². The van der Waals surface area contributed by atoms with Crippen molar-refractivity contribution in [2.75, 3.05) is 20.3 Å². The lowest BCUT2D eigenvalue weighted by atomic mass is 10.4. The van der Waals surface area contributed by atoms with Crippen LogP contribution in [-0.2, 0) is 21.3 Å². The van der Waals surface area contributed by atoms with Gasteiger partial charge < -0.3 is 10.1 Å². The van der Waals surface area contributed by atoms with Gasteiger partial charge in [-0.15, -0.1) is 11.3 Å². The van der Waals surface area contributed by atoms with E-state index in [9.17, 15) is 8.42 Å². The smallest absolute Gasteiger partial charge is 0.244 e. The number of hydrogen-bond donors (Lipinski definition) is 1. The van der Waals surface area contributed by atoms with Crippen molar-refractivity contribution < 1.29 is 13.2 Å². The molecule has 0 amide bonds. The minimum atomic E-state index is -3.44. The summed E-state index contributed by atoms with van der Waals surface area (Å²) in [5, 5.41) is 5.14. The van der Waals surface area contributed by atoms with Gasteiger partial charge in [0.15, 0.2) is 0 Å². The summed E-state index contributed by atoms with van der Waals surface area (Å²) in [5.41, 5.74) is 0. The summed E-state index contributed by atoms with van der Waals surface area (Å²) in [7, 11) is -1.85. The minimum Gasteiger partial charge on any atom is -0.383 e. The van der Waals surface area contributed by atoms with Gasteiger partial charge in [-0.1, -0.05) is 6.92 Å². The van der Waals surface area contributed by atoms with E-state index in [1.165, 1.54) is 28.5 Å². The second-order valence-corrected chi connectivity index (χ2v) is 8.30. The van der Waals surface area contributed by atoms with Crippen LogP contribution in [0.2, 0.25) is 0 Å². The molecule has 1 aliphatic rings. The molecule has 1 aliphatic carbocycles. The summed E-state index contributed by atoms with van der Waals surface area (Å²) in [6, 6.07) is 2.25. The molecule has 2 rings (SSSR count). The van der Waals surface area contributed by atoms with E-state index in [2.05, 4.69) is 5.32 Å². The molecule has 1 N–H and O–H groups in total. The van der Waals surface area contributed by atoms with E-state index in [1.54, 1.807) is 18.6 Å². The van der Waals surface area contributed by atoms with Gasteiger partial charge in [-0.3, -0.25) is 0 Å². The van der Waals surface area contributed by atoms with Gasteiger partial charge in [0.2, 0.25) is 10.0 Å². The predicted molar refractivity (Wildman–Crippen MR) is 85.1 cm³/mol. The number of rotatable bonds is 9. The van der Waals surface area contributed by atoms with Gasteiger partial charge in [0.1, 0.15) is 0 Å². The summed E-state index contributed by atoms with van der Waals surface area (Å²) in [6.45, 7) is 5.31. The number of thiophene rings is 1. The normalized spacial score (nSPS) is 17.3. The third-order valence-corrected chi connectivity index (χ3v) is 6.74. The number of ether oxygens (including phenoxy) is 1. The van der Waals surface area contributed by atoms with Crippen LogP contribution in [0.15, 0.2) is 16.3 Å². The molecule has 0 aliphatic heterocycles. The maximum atomic E-state index is 12.7. The predicted octanol–water partition coefficient (Wildman–Crippen LogP) is 2.05. The van der Waals surface area contributed by atoms with E-state index >= 15 is 0 Å². The number of hydrogen-bond acceptors (Lipinski definition) is 5. The molecule has 0 bridgehead atoms. The Hall–Kier alpha value is -0.470. The highest BCUT2D eigenvalue weighted by atomic mass is 32.2. The number of sulfonamides is 1. The van der Waals surface area contributed by atoms with Crippen LogP contribution in [0.4, 0.5) is 0 Å². The zero-order chi connectivity index (χ0) is 15.5. The second kappa shape index (κ2) is 7.19. The maximum absolute atomic E-state index is 12.7. The lowest BCUT2D eigenvalue weighted by Crippen LogP contribution is -2.40. The first-order valence-electron chi connectivity index (χ1n) is 7.30. The zero-order valence-electron chi connectivity index (χ0n) is 12.8. The van der Waals surface area contributed by atoms with E-state index in [4.69, 9.17) is 4.74 Å². The molecule has 1 aromatic rings. The largest absolute Gasteiger partial charge is 0.383 e. The van der Waals surface area contributed by atoms with Crippen molar-refractivity contribution in [2.24, 2.45) is 0 Å². The monoisotopic (exact) mass is 332 g/mol. The van der Waals surface area contributed by atoms with Crippen molar-refractivity contribution in [3.8, 4) is 0 Å². The summed E-state index contributed by atoms with van der Waals surface area (Å²) in [6.07, 6.45) is 2.46. The molecule has 1 heterocycles. The lowest BCUT2D eigenvalue weighted by Gasteiger charge is -2.26.